The topological polar surface area (TPSA) is 212 Å². The molecule has 15 nitrogen and oxygen atoms in total. The standard InChI is InChI=1S/C42H58N6O9/c1-22-17-30-36(44-21-29-13-15-48(16-14-29)41(53)35-28(7)45-26(5)27(6)46-35)32(49)20-31(38(30)51)47-40(52)23(2)11-10-12-33(55-8)39(57-42(43)54)25(4)19-24(3)37(50)34(18-22)56-9/h10-12,19-20,22,24,29,33-34,37,39,44,50H,13-18,21H2,1-9H3,(H2,43,54)(H,47,52)/b12-10-,23-11+,25-19+/t22-,24+,33+,34+,37-,39+/m1/s1. The lowest BCUT2D eigenvalue weighted by atomic mass is 9.85. The number of nitrogens with one attached hydrogen (secondary N) is 2. The predicted octanol–water partition coefficient (Wildman–Crippen LogP) is 3.62. The average molecular weight is 791 g/mol. The van der Waals surface area contributed by atoms with E-state index in [2.05, 4.69) is 20.6 Å². The molecule has 1 aromatic heterocycles. The van der Waals surface area contributed by atoms with Gasteiger partial charge in [-0.05, 0) is 77.7 Å². The molecule has 15 heteroatoms. The van der Waals surface area contributed by atoms with Gasteiger partial charge in [0.2, 0.25) is 11.6 Å². The van der Waals surface area contributed by atoms with Crippen LogP contribution in [-0.2, 0) is 28.6 Å². The Labute approximate surface area is 334 Å². The summed E-state index contributed by atoms with van der Waals surface area (Å²) in [6, 6.07) is 0. The van der Waals surface area contributed by atoms with Crippen molar-refractivity contribution in [2.24, 2.45) is 23.5 Å². The van der Waals surface area contributed by atoms with Crippen LogP contribution in [0.5, 0.6) is 0 Å². The molecule has 0 aromatic carbocycles. The number of rotatable bonds is 7. The summed E-state index contributed by atoms with van der Waals surface area (Å²) in [6.07, 6.45) is 4.95. The van der Waals surface area contributed by atoms with Gasteiger partial charge < -0.3 is 40.6 Å². The molecule has 3 aliphatic rings. The molecule has 6 atom stereocenters. The van der Waals surface area contributed by atoms with Crippen LogP contribution in [0.4, 0.5) is 4.79 Å². The van der Waals surface area contributed by atoms with Crippen molar-refractivity contribution in [1.29, 1.82) is 0 Å². The van der Waals surface area contributed by atoms with Gasteiger partial charge in [0.25, 0.3) is 11.8 Å². The number of ether oxygens (including phenoxy) is 3. The molecule has 0 saturated carbocycles. The maximum Gasteiger partial charge on any atom is 0.405 e. The number of allylic oxidation sites excluding steroid dienone is 4. The minimum Gasteiger partial charge on any atom is -0.439 e. The molecule has 4 rings (SSSR count). The number of aromatic nitrogens is 2. The lowest BCUT2D eigenvalue weighted by Crippen LogP contribution is -2.42. The summed E-state index contributed by atoms with van der Waals surface area (Å²) in [4.78, 5) is 77.2. The van der Waals surface area contributed by atoms with Crippen LogP contribution in [0, 0.1) is 38.5 Å². The minimum atomic E-state index is -1.01. The second kappa shape index (κ2) is 19.9. The first kappa shape index (κ1) is 44.7. The van der Waals surface area contributed by atoms with E-state index in [0.717, 1.165) is 11.8 Å². The zero-order valence-corrected chi connectivity index (χ0v) is 34.5. The predicted molar refractivity (Wildman–Crippen MR) is 212 cm³/mol. The molecular formula is C42H58N6O9. The number of hydrogen-bond acceptors (Lipinski definition) is 12. The Morgan fingerprint density at radius 2 is 1.67 bits per heavy atom. The highest BCUT2D eigenvalue weighted by atomic mass is 16.6. The number of carbonyl (C=O) groups excluding carboxylic acids is 5. The third-order valence-corrected chi connectivity index (χ3v) is 10.9. The molecule has 2 bridgehead atoms. The lowest BCUT2D eigenvalue weighted by Gasteiger charge is -2.33. The molecule has 310 valence electrons. The van der Waals surface area contributed by atoms with E-state index < -0.39 is 53.9 Å². The quantitative estimate of drug-likeness (QED) is 0.231. The van der Waals surface area contributed by atoms with Gasteiger partial charge in [-0.15, -0.1) is 0 Å². The van der Waals surface area contributed by atoms with Gasteiger partial charge in [-0.25, -0.2) is 9.78 Å². The number of nitrogens with zero attached hydrogens (tertiary/aromatic N) is 3. The SMILES string of the molecule is CO[C@H]1/C=C\C=C(/C)C(=O)NC2=CC(=O)C(NCC3CCN(C(=O)c4nc(C)c(C)nc4C)CC3)=C(C[C@@H](C)C[C@H](OC)[C@H](O)[C@@H](C)/C=C(\C)[C@@H]1OC(N)=O)C2=O. The van der Waals surface area contributed by atoms with E-state index in [1.165, 1.54) is 20.3 Å². The summed E-state index contributed by atoms with van der Waals surface area (Å²) in [6.45, 7) is 13.9. The second-order valence-corrected chi connectivity index (χ2v) is 15.4. The number of aryl methyl sites for hydroxylation is 3. The number of aliphatic hydroxyl groups is 1. The van der Waals surface area contributed by atoms with Crippen molar-refractivity contribution in [3.05, 3.63) is 81.3 Å². The largest absolute Gasteiger partial charge is 0.439 e. The Morgan fingerprint density at radius 3 is 2.30 bits per heavy atom. The van der Waals surface area contributed by atoms with E-state index in [-0.39, 0.29) is 46.7 Å². The van der Waals surface area contributed by atoms with Crippen molar-refractivity contribution in [3.8, 4) is 0 Å². The Hall–Kier alpha value is -4.99. The number of Topliss-reactive ketones (excluding diaryl/α,β-unsaturated/α-hetero) is 1. The number of fused-ring (bicyclic) bond motifs is 2. The Balaban J connectivity index is 1.60. The molecule has 1 aliphatic carbocycles. The molecule has 3 heterocycles. The molecule has 0 spiro atoms. The number of amides is 3. The first-order valence-electron chi connectivity index (χ1n) is 19.4. The lowest BCUT2D eigenvalue weighted by molar-refractivity contribution is -0.120. The number of carbonyl (C=O) groups is 5. The maximum atomic E-state index is 14.1. The van der Waals surface area contributed by atoms with Crippen LogP contribution in [0.15, 0.2) is 58.5 Å². The number of aliphatic hydroxyl groups excluding tert-OH is 1. The fourth-order valence-corrected chi connectivity index (χ4v) is 7.43. The normalized spacial score (nSPS) is 28.4. The summed E-state index contributed by atoms with van der Waals surface area (Å²) in [7, 11) is 2.92. The summed E-state index contributed by atoms with van der Waals surface area (Å²) in [5.74, 6) is -2.31. The first-order valence-corrected chi connectivity index (χ1v) is 19.4. The van der Waals surface area contributed by atoms with Crippen LogP contribution in [-0.4, -0.2) is 108 Å². The Morgan fingerprint density at radius 1 is 1.00 bits per heavy atom. The van der Waals surface area contributed by atoms with Crippen LogP contribution >= 0.6 is 0 Å². The number of primary amides is 1. The zero-order chi connectivity index (χ0) is 42.1. The molecular weight excluding hydrogens is 732 g/mol. The van der Waals surface area contributed by atoms with E-state index in [0.29, 0.717) is 61.6 Å². The first-order chi connectivity index (χ1) is 26.9. The third-order valence-electron chi connectivity index (χ3n) is 10.9. The third kappa shape index (κ3) is 11.3. The van der Waals surface area contributed by atoms with E-state index in [1.807, 2.05) is 20.8 Å². The molecule has 3 amide bonds. The maximum absolute atomic E-state index is 14.1. The van der Waals surface area contributed by atoms with E-state index in [1.54, 1.807) is 50.8 Å². The molecule has 0 radical (unpaired) electrons. The molecule has 0 unspecified atom stereocenters. The van der Waals surface area contributed by atoms with Gasteiger partial charge in [0.05, 0.1) is 40.7 Å². The number of nitrogens with two attached hydrogens (primary N) is 1. The minimum absolute atomic E-state index is 0.111. The van der Waals surface area contributed by atoms with Crippen molar-refractivity contribution in [2.75, 3.05) is 33.9 Å². The van der Waals surface area contributed by atoms with Gasteiger partial charge in [-0.1, -0.05) is 38.2 Å². The molecule has 57 heavy (non-hydrogen) atoms. The molecule has 2 aliphatic heterocycles. The number of methoxy groups -OCH3 is 2. The number of likely N-dealkylation sites (tertiary alicyclic amines) is 1. The number of ketones is 2. The van der Waals surface area contributed by atoms with E-state index in [4.69, 9.17) is 19.9 Å². The van der Waals surface area contributed by atoms with Crippen LogP contribution in [0.2, 0.25) is 0 Å². The van der Waals surface area contributed by atoms with Crippen molar-refractivity contribution in [1.82, 2.24) is 25.5 Å². The van der Waals surface area contributed by atoms with Gasteiger partial charge in [0.15, 0.2) is 6.10 Å². The molecule has 1 aromatic rings. The Kier molecular flexibility index (Phi) is 15.6. The van der Waals surface area contributed by atoms with Crippen LogP contribution in [0.3, 0.4) is 0 Å². The molecule has 1 fully saturated rings. The highest BCUT2D eigenvalue weighted by molar-refractivity contribution is 6.23. The van der Waals surface area contributed by atoms with E-state index >= 15 is 0 Å². The number of hydrogen-bond donors (Lipinski definition) is 4. The number of piperidine rings is 1. The summed E-state index contributed by atoms with van der Waals surface area (Å²) >= 11 is 0. The van der Waals surface area contributed by atoms with Crippen LogP contribution in [0.1, 0.15) is 80.9 Å². The Bertz CT molecular complexity index is 1870. The fraction of sp³-hybridized carbons (Fsp3) is 0.548. The zero-order valence-electron chi connectivity index (χ0n) is 34.5. The molecule has 1 saturated heterocycles. The summed E-state index contributed by atoms with van der Waals surface area (Å²) < 4.78 is 16.8. The van der Waals surface area contributed by atoms with Crippen molar-refractivity contribution in [2.45, 2.75) is 98.6 Å². The van der Waals surface area contributed by atoms with Crippen molar-refractivity contribution >= 4 is 29.5 Å². The van der Waals surface area contributed by atoms with Gasteiger partial charge >= 0.3 is 6.09 Å². The fourth-order valence-electron chi connectivity index (χ4n) is 7.43. The molecule has 5 N–H and O–H groups in total. The van der Waals surface area contributed by atoms with Crippen molar-refractivity contribution in [3.63, 3.8) is 0 Å². The van der Waals surface area contributed by atoms with Crippen LogP contribution < -0.4 is 16.4 Å². The second-order valence-electron chi connectivity index (χ2n) is 15.4. The van der Waals surface area contributed by atoms with Crippen molar-refractivity contribution < 1.29 is 43.3 Å². The van der Waals surface area contributed by atoms with Crippen LogP contribution in [0.25, 0.3) is 0 Å². The van der Waals surface area contributed by atoms with Gasteiger partial charge in [-0.3, -0.25) is 24.2 Å². The smallest absolute Gasteiger partial charge is 0.405 e. The summed E-state index contributed by atoms with van der Waals surface area (Å²) in [5.41, 5.74) is 8.90. The summed E-state index contributed by atoms with van der Waals surface area (Å²) in [5, 5.41) is 17.4. The van der Waals surface area contributed by atoms with Gasteiger partial charge in [0, 0.05) is 57.0 Å². The van der Waals surface area contributed by atoms with Gasteiger partial charge in [0.1, 0.15) is 11.8 Å². The highest BCUT2D eigenvalue weighted by Gasteiger charge is 2.34. The van der Waals surface area contributed by atoms with E-state index in [9.17, 15) is 29.1 Å². The average Bonchev–Trinajstić information content (AvgIpc) is 3.16. The highest BCUT2D eigenvalue weighted by Crippen LogP contribution is 2.29. The monoisotopic (exact) mass is 790 g/mol. The van der Waals surface area contributed by atoms with Gasteiger partial charge in [-0.2, -0.15) is 0 Å².